The Hall–Kier alpha value is -3.01. The van der Waals surface area contributed by atoms with Crippen molar-refractivity contribution in [3.8, 4) is 21.7 Å². The lowest BCUT2D eigenvalue weighted by Crippen LogP contribution is -2.12. The number of hydrogen-bond acceptors (Lipinski definition) is 3. The van der Waals surface area contributed by atoms with Crippen LogP contribution in [0, 0.1) is 13.8 Å². The normalized spacial score (nSPS) is 12.3. The van der Waals surface area contributed by atoms with Crippen LogP contribution in [-0.2, 0) is 5.41 Å². The van der Waals surface area contributed by atoms with Gasteiger partial charge in [-0.25, -0.2) is 0 Å². The molecule has 0 spiro atoms. The highest BCUT2D eigenvalue weighted by molar-refractivity contribution is 7.23. The number of benzene rings is 3. The summed E-state index contributed by atoms with van der Waals surface area (Å²) in [6, 6.07) is 24.6. The summed E-state index contributed by atoms with van der Waals surface area (Å²) in [6.07, 6.45) is 1.97. The molecule has 0 saturated carbocycles. The van der Waals surface area contributed by atoms with Crippen LogP contribution in [0.3, 0.4) is 0 Å². The third-order valence-corrected chi connectivity index (χ3v) is 9.09. The zero-order valence-electron chi connectivity index (χ0n) is 20.2. The number of hydrogen-bond donors (Lipinski definition) is 0. The molecule has 0 N–H and O–H groups in total. The molecule has 3 heteroatoms. The molecule has 0 unspecified atom stereocenters. The van der Waals surface area contributed by atoms with Gasteiger partial charge in [0.25, 0.3) is 0 Å². The molecule has 3 heterocycles. The third-order valence-electron chi connectivity index (χ3n) is 6.73. The first-order chi connectivity index (χ1) is 16.3. The SMILES string of the molecule is Cc1cc2c(-c3sc4c(-c5cc(C(C)(C)C)c6ccccc6c5)nccc4c3C)cccc2s1. The maximum Gasteiger partial charge on any atom is 0.0880 e. The Labute approximate surface area is 208 Å². The molecule has 168 valence electrons. The van der Waals surface area contributed by atoms with Gasteiger partial charge < -0.3 is 0 Å². The van der Waals surface area contributed by atoms with Crippen LogP contribution in [0.15, 0.2) is 72.9 Å². The van der Waals surface area contributed by atoms with Gasteiger partial charge in [0.15, 0.2) is 0 Å². The minimum atomic E-state index is 0.0481. The van der Waals surface area contributed by atoms with Crippen LogP contribution in [0.1, 0.15) is 36.8 Å². The fourth-order valence-electron chi connectivity index (χ4n) is 5.06. The van der Waals surface area contributed by atoms with Crippen LogP contribution < -0.4 is 0 Å². The number of rotatable bonds is 2. The topological polar surface area (TPSA) is 12.9 Å². The van der Waals surface area contributed by atoms with Crippen LogP contribution >= 0.6 is 22.7 Å². The minimum absolute atomic E-state index is 0.0481. The molecular formula is C31H27NS2. The lowest BCUT2D eigenvalue weighted by atomic mass is 9.82. The van der Waals surface area contributed by atoms with Crippen molar-refractivity contribution in [3.63, 3.8) is 0 Å². The van der Waals surface area contributed by atoms with E-state index < -0.39 is 0 Å². The van der Waals surface area contributed by atoms with E-state index >= 15 is 0 Å². The second kappa shape index (κ2) is 7.76. The molecule has 34 heavy (non-hydrogen) atoms. The van der Waals surface area contributed by atoms with Crippen molar-refractivity contribution in [1.29, 1.82) is 0 Å². The average molecular weight is 478 g/mol. The minimum Gasteiger partial charge on any atom is -0.255 e. The molecule has 0 amide bonds. The van der Waals surface area contributed by atoms with Crippen molar-refractivity contribution in [2.75, 3.05) is 0 Å². The Kier molecular flexibility index (Phi) is 4.91. The van der Waals surface area contributed by atoms with Crippen LogP contribution in [-0.4, -0.2) is 4.98 Å². The quantitative estimate of drug-likeness (QED) is 0.242. The molecule has 3 aromatic heterocycles. The fourth-order valence-corrected chi connectivity index (χ4v) is 7.37. The van der Waals surface area contributed by atoms with E-state index in [2.05, 4.69) is 101 Å². The Morgan fingerprint density at radius 1 is 0.765 bits per heavy atom. The predicted molar refractivity (Wildman–Crippen MR) is 152 cm³/mol. The van der Waals surface area contributed by atoms with Crippen molar-refractivity contribution in [1.82, 2.24) is 4.98 Å². The highest BCUT2D eigenvalue weighted by Crippen LogP contribution is 2.45. The largest absolute Gasteiger partial charge is 0.255 e. The molecule has 0 saturated heterocycles. The van der Waals surface area contributed by atoms with E-state index in [-0.39, 0.29) is 5.41 Å². The number of pyridine rings is 1. The van der Waals surface area contributed by atoms with Gasteiger partial charge in [0.2, 0.25) is 0 Å². The standard InChI is InChI=1S/C31H27NS2/c1-18-15-25-24(11-8-12-27(25)33-18)29-19(2)22-13-14-32-28(30(22)34-29)21-16-20-9-6-7-10-23(20)26(17-21)31(3,4)5/h6-17H,1-5H3. The van der Waals surface area contributed by atoms with Gasteiger partial charge in [-0.3, -0.25) is 4.98 Å². The molecule has 0 atom stereocenters. The molecule has 0 bridgehead atoms. The fraction of sp³-hybridized carbons (Fsp3) is 0.194. The van der Waals surface area contributed by atoms with E-state index in [4.69, 9.17) is 4.98 Å². The predicted octanol–water partition coefficient (Wildman–Crippen LogP) is 9.91. The Balaban J connectivity index is 1.63. The van der Waals surface area contributed by atoms with E-state index in [1.54, 1.807) is 0 Å². The zero-order chi connectivity index (χ0) is 23.6. The highest BCUT2D eigenvalue weighted by atomic mass is 32.1. The van der Waals surface area contributed by atoms with Crippen LogP contribution in [0.4, 0.5) is 0 Å². The summed E-state index contributed by atoms with van der Waals surface area (Å²) in [5, 5.41) is 5.26. The van der Waals surface area contributed by atoms with Gasteiger partial charge in [0.05, 0.1) is 10.4 Å². The summed E-state index contributed by atoms with van der Waals surface area (Å²) < 4.78 is 2.63. The molecule has 0 aliphatic rings. The molecule has 0 radical (unpaired) electrons. The molecule has 6 aromatic rings. The number of nitrogens with zero attached hydrogens (tertiary/aromatic N) is 1. The Bertz CT molecular complexity index is 1710. The van der Waals surface area contributed by atoms with E-state index in [0.717, 1.165) is 5.69 Å². The molecule has 0 aliphatic carbocycles. The second-order valence-corrected chi connectivity index (χ2v) is 12.5. The summed E-state index contributed by atoms with van der Waals surface area (Å²) in [5.74, 6) is 0. The summed E-state index contributed by atoms with van der Waals surface area (Å²) in [5.41, 5.74) is 6.38. The number of fused-ring (bicyclic) bond motifs is 3. The van der Waals surface area contributed by atoms with E-state index in [9.17, 15) is 0 Å². The first-order valence-electron chi connectivity index (χ1n) is 11.7. The van der Waals surface area contributed by atoms with Crippen molar-refractivity contribution >= 4 is 53.6 Å². The van der Waals surface area contributed by atoms with E-state index in [1.807, 2.05) is 28.9 Å². The van der Waals surface area contributed by atoms with Crippen molar-refractivity contribution < 1.29 is 0 Å². The van der Waals surface area contributed by atoms with Gasteiger partial charge in [-0.05, 0) is 76.9 Å². The van der Waals surface area contributed by atoms with E-state index in [1.165, 1.54) is 63.0 Å². The Morgan fingerprint density at radius 3 is 2.41 bits per heavy atom. The molecule has 6 rings (SSSR count). The van der Waals surface area contributed by atoms with Crippen molar-refractivity contribution in [3.05, 3.63) is 88.9 Å². The first-order valence-corrected chi connectivity index (χ1v) is 13.4. The van der Waals surface area contributed by atoms with Crippen molar-refractivity contribution in [2.45, 2.75) is 40.0 Å². The lowest BCUT2D eigenvalue weighted by Gasteiger charge is -2.22. The zero-order valence-corrected chi connectivity index (χ0v) is 21.8. The maximum absolute atomic E-state index is 4.93. The van der Waals surface area contributed by atoms with Gasteiger partial charge in [-0.15, -0.1) is 22.7 Å². The van der Waals surface area contributed by atoms with Gasteiger partial charge >= 0.3 is 0 Å². The maximum atomic E-state index is 4.93. The number of thiophene rings is 2. The summed E-state index contributed by atoms with van der Waals surface area (Å²) in [7, 11) is 0. The van der Waals surface area contributed by atoms with Gasteiger partial charge in [0, 0.05) is 37.2 Å². The van der Waals surface area contributed by atoms with E-state index in [0.29, 0.717) is 0 Å². The second-order valence-electron chi connectivity index (χ2n) is 10.2. The van der Waals surface area contributed by atoms with Crippen LogP contribution in [0.2, 0.25) is 0 Å². The van der Waals surface area contributed by atoms with Gasteiger partial charge in [-0.1, -0.05) is 57.2 Å². The van der Waals surface area contributed by atoms with Crippen molar-refractivity contribution in [2.24, 2.45) is 0 Å². The lowest BCUT2D eigenvalue weighted by molar-refractivity contribution is 0.596. The summed E-state index contributed by atoms with van der Waals surface area (Å²) >= 11 is 3.75. The van der Waals surface area contributed by atoms with Gasteiger partial charge in [0.1, 0.15) is 0 Å². The van der Waals surface area contributed by atoms with Gasteiger partial charge in [-0.2, -0.15) is 0 Å². The first kappa shape index (κ1) is 21.5. The molecule has 1 nitrogen and oxygen atoms in total. The average Bonchev–Trinajstić information content (AvgIpc) is 3.36. The molecule has 0 fully saturated rings. The number of aromatic nitrogens is 1. The van der Waals surface area contributed by atoms with Crippen LogP contribution in [0.25, 0.3) is 52.6 Å². The monoisotopic (exact) mass is 477 g/mol. The number of aryl methyl sites for hydroxylation is 2. The smallest absolute Gasteiger partial charge is 0.0880 e. The highest BCUT2D eigenvalue weighted by Gasteiger charge is 2.21. The molecule has 3 aromatic carbocycles. The van der Waals surface area contributed by atoms with Crippen LogP contribution in [0.5, 0.6) is 0 Å². The molecular weight excluding hydrogens is 450 g/mol. The summed E-state index contributed by atoms with van der Waals surface area (Å²) in [4.78, 5) is 7.64. The third kappa shape index (κ3) is 3.38. The molecule has 0 aliphatic heterocycles. The summed E-state index contributed by atoms with van der Waals surface area (Å²) in [6.45, 7) is 11.3. The Morgan fingerprint density at radius 2 is 1.59 bits per heavy atom.